The standard InChI is InChI=1S/C22H17N5/c1-15(16-5-3-2-4-6-16)25-22-19-8-7-18(17-9-11-24-12-10-17)13-20(19)26-27-21(22)14-23/h2-13,15H,1H3,(H,25,26). The lowest BCUT2D eigenvalue weighted by Crippen LogP contribution is -2.09. The zero-order valence-electron chi connectivity index (χ0n) is 14.8. The monoisotopic (exact) mass is 351 g/mol. The second kappa shape index (κ2) is 7.22. The molecule has 0 aliphatic rings. The average Bonchev–Trinajstić information content (AvgIpc) is 2.74. The molecule has 5 heteroatoms. The molecule has 2 heterocycles. The number of rotatable bonds is 4. The summed E-state index contributed by atoms with van der Waals surface area (Å²) in [4.78, 5) is 4.06. The molecule has 0 radical (unpaired) electrons. The Hall–Kier alpha value is -3.78. The first-order valence-corrected chi connectivity index (χ1v) is 8.68. The van der Waals surface area contributed by atoms with Gasteiger partial charge in [0.05, 0.1) is 11.2 Å². The Morgan fingerprint density at radius 1 is 0.926 bits per heavy atom. The summed E-state index contributed by atoms with van der Waals surface area (Å²) < 4.78 is 0. The summed E-state index contributed by atoms with van der Waals surface area (Å²) in [7, 11) is 0. The number of anilines is 1. The summed E-state index contributed by atoms with van der Waals surface area (Å²) in [6.07, 6.45) is 3.52. The highest BCUT2D eigenvalue weighted by Gasteiger charge is 2.14. The van der Waals surface area contributed by atoms with Crippen LogP contribution in [0.25, 0.3) is 22.0 Å². The van der Waals surface area contributed by atoms with Crippen molar-refractivity contribution in [2.75, 3.05) is 5.32 Å². The van der Waals surface area contributed by atoms with Crippen LogP contribution < -0.4 is 5.32 Å². The zero-order valence-corrected chi connectivity index (χ0v) is 14.8. The van der Waals surface area contributed by atoms with Crippen molar-refractivity contribution in [3.63, 3.8) is 0 Å². The third kappa shape index (κ3) is 3.33. The molecule has 0 aliphatic heterocycles. The van der Waals surface area contributed by atoms with Crippen LogP contribution in [0.2, 0.25) is 0 Å². The van der Waals surface area contributed by atoms with E-state index in [0.29, 0.717) is 11.4 Å². The Morgan fingerprint density at radius 2 is 1.70 bits per heavy atom. The number of aromatic nitrogens is 3. The molecule has 130 valence electrons. The van der Waals surface area contributed by atoms with Crippen molar-refractivity contribution in [2.45, 2.75) is 13.0 Å². The first-order chi connectivity index (χ1) is 13.3. The van der Waals surface area contributed by atoms with Gasteiger partial charge in [0.1, 0.15) is 6.07 Å². The number of fused-ring (bicyclic) bond motifs is 1. The third-order valence-corrected chi connectivity index (χ3v) is 4.54. The second-order valence-corrected chi connectivity index (χ2v) is 6.28. The summed E-state index contributed by atoms with van der Waals surface area (Å²) >= 11 is 0. The van der Waals surface area contributed by atoms with E-state index < -0.39 is 0 Å². The van der Waals surface area contributed by atoms with Crippen LogP contribution >= 0.6 is 0 Å². The molecular weight excluding hydrogens is 334 g/mol. The van der Waals surface area contributed by atoms with Crippen LogP contribution in [-0.2, 0) is 0 Å². The minimum absolute atomic E-state index is 0.0329. The summed E-state index contributed by atoms with van der Waals surface area (Å²) in [5.74, 6) is 0. The molecule has 1 unspecified atom stereocenters. The summed E-state index contributed by atoms with van der Waals surface area (Å²) in [5.41, 5.74) is 4.98. The lowest BCUT2D eigenvalue weighted by atomic mass is 10.0. The van der Waals surface area contributed by atoms with E-state index in [1.165, 1.54) is 0 Å². The summed E-state index contributed by atoms with van der Waals surface area (Å²) in [5, 5.41) is 22.2. The first-order valence-electron chi connectivity index (χ1n) is 8.68. The van der Waals surface area contributed by atoms with Crippen molar-refractivity contribution >= 4 is 16.6 Å². The molecule has 0 spiro atoms. The molecule has 1 atom stereocenters. The highest BCUT2D eigenvalue weighted by Crippen LogP contribution is 2.31. The summed E-state index contributed by atoms with van der Waals surface area (Å²) in [6, 6.07) is 22.2. The van der Waals surface area contributed by atoms with E-state index in [4.69, 9.17) is 0 Å². The molecule has 4 rings (SSSR count). The molecule has 0 bridgehead atoms. The zero-order chi connectivity index (χ0) is 18.6. The van der Waals surface area contributed by atoms with E-state index in [1.54, 1.807) is 12.4 Å². The topological polar surface area (TPSA) is 74.5 Å². The molecule has 2 aromatic heterocycles. The van der Waals surface area contributed by atoms with Crippen molar-refractivity contribution < 1.29 is 0 Å². The largest absolute Gasteiger partial charge is 0.376 e. The normalized spacial score (nSPS) is 11.7. The van der Waals surface area contributed by atoms with Gasteiger partial charge in [0.2, 0.25) is 0 Å². The van der Waals surface area contributed by atoms with E-state index >= 15 is 0 Å². The maximum Gasteiger partial charge on any atom is 0.186 e. The van der Waals surface area contributed by atoms with Crippen molar-refractivity contribution in [3.05, 3.63) is 84.3 Å². The van der Waals surface area contributed by atoms with E-state index in [0.717, 1.165) is 27.6 Å². The average molecular weight is 351 g/mol. The van der Waals surface area contributed by atoms with Crippen LogP contribution in [0.1, 0.15) is 24.2 Å². The molecule has 27 heavy (non-hydrogen) atoms. The van der Waals surface area contributed by atoms with Crippen molar-refractivity contribution in [1.29, 1.82) is 5.26 Å². The van der Waals surface area contributed by atoms with Crippen LogP contribution in [0, 0.1) is 11.3 Å². The van der Waals surface area contributed by atoms with Crippen LogP contribution in [0.3, 0.4) is 0 Å². The van der Waals surface area contributed by atoms with E-state index in [1.807, 2.05) is 48.5 Å². The quantitative estimate of drug-likeness (QED) is 0.575. The van der Waals surface area contributed by atoms with Gasteiger partial charge < -0.3 is 5.32 Å². The van der Waals surface area contributed by atoms with Crippen LogP contribution in [-0.4, -0.2) is 15.2 Å². The van der Waals surface area contributed by atoms with Gasteiger partial charge in [0.15, 0.2) is 5.69 Å². The van der Waals surface area contributed by atoms with Gasteiger partial charge in [0.25, 0.3) is 0 Å². The second-order valence-electron chi connectivity index (χ2n) is 6.28. The number of pyridine rings is 1. The number of nitriles is 1. The Morgan fingerprint density at radius 3 is 2.44 bits per heavy atom. The molecule has 0 aliphatic carbocycles. The predicted octanol–water partition coefficient (Wildman–Crippen LogP) is 4.74. The fourth-order valence-corrected chi connectivity index (χ4v) is 3.10. The number of nitrogens with one attached hydrogen (secondary N) is 1. The van der Waals surface area contributed by atoms with Gasteiger partial charge in [-0.25, -0.2) is 0 Å². The Balaban J connectivity index is 1.78. The van der Waals surface area contributed by atoms with Crippen molar-refractivity contribution in [1.82, 2.24) is 15.2 Å². The van der Waals surface area contributed by atoms with E-state index in [2.05, 4.69) is 45.6 Å². The van der Waals surface area contributed by atoms with Gasteiger partial charge in [0, 0.05) is 23.8 Å². The molecule has 0 saturated heterocycles. The Bertz CT molecular complexity index is 1120. The Kier molecular flexibility index (Phi) is 4.46. The molecule has 0 saturated carbocycles. The molecule has 0 amide bonds. The highest BCUT2D eigenvalue weighted by atomic mass is 15.1. The minimum atomic E-state index is 0.0329. The maximum absolute atomic E-state index is 9.49. The van der Waals surface area contributed by atoms with E-state index in [-0.39, 0.29) is 6.04 Å². The van der Waals surface area contributed by atoms with Crippen LogP contribution in [0.4, 0.5) is 5.69 Å². The Labute approximate surface area is 157 Å². The SMILES string of the molecule is CC(Nc1c(C#N)nnc2cc(-c3ccncc3)ccc12)c1ccccc1. The van der Waals surface area contributed by atoms with Gasteiger partial charge in [-0.2, -0.15) is 5.26 Å². The van der Waals surface area contributed by atoms with Crippen molar-refractivity contribution in [2.24, 2.45) is 0 Å². The van der Waals surface area contributed by atoms with Gasteiger partial charge in [-0.3, -0.25) is 4.98 Å². The molecule has 0 fully saturated rings. The van der Waals surface area contributed by atoms with Gasteiger partial charge in [-0.15, -0.1) is 10.2 Å². The lowest BCUT2D eigenvalue weighted by Gasteiger charge is -2.18. The highest BCUT2D eigenvalue weighted by molar-refractivity contribution is 5.95. The predicted molar refractivity (Wildman–Crippen MR) is 106 cm³/mol. The van der Waals surface area contributed by atoms with E-state index in [9.17, 15) is 5.26 Å². The summed E-state index contributed by atoms with van der Waals surface area (Å²) in [6.45, 7) is 2.06. The van der Waals surface area contributed by atoms with Crippen LogP contribution in [0.5, 0.6) is 0 Å². The maximum atomic E-state index is 9.49. The van der Waals surface area contributed by atoms with Crippen LogP contribution in [0.15, 0.2) is 73.1 Å². The minimum Gasteiger partial charge on any atom is -0.376 e. The molecular formula is C22H17N5. The fraction of sp³-hybridized carbons (Fsp3) is 0.0909. The van der Waals surface area contributed by atoms with Crippen molar-refractivity contribution in [3.8, 4) is 17.2 Å². The number of hydrogen-bond acceptors (Lipinski definition) is 5. The molecule has 2 aromatic carbocycles. The lowest BCUT2D eigenvalue weighted by molar-refractivity contribution is 0.880. The first kappa shape index (κ1) is 16.7. The molecule has 1 N–H and O–H groups in total. The van der Waals surface area contributed by atoms with Gasteiger partial charge in [-0.1, -0.05) is 36.4 Å². The number of hydrogen-bond donors (Lipinski definition) is 1. The smallest absolute Gasteiger partial charge is 0.186 e. The molecule has 5 nitrogen and oxygen atoms in total. The van der Waals surface area contributed by atoms with Gasteiger partial charge in [-0.05, 0) is 47.9 Å². The third-order valence-electron chi connectivity index (χ3n) is 4.54. The number of benzene rings is 2. The number of nitrogens with zero attached hydrogens (tertiary/aromatic N) is 4. The fourth-order valence-electron chi connectivity index (χ4n) is 3.10. The van der Waals surface area contributed by atoms with Gasteiger partial charge >= 0.3 is 0 Å². The molecule has 4 aromatic rings.